The molecule has 5 rings (SSSR count). The van der Waals surface area contributed by atoms with Gasteiger partial charge in [-0.05, 0) is 64.3 Å². The molecule has 10 heteroatoms. The highest BCUT2D eigenvalue weighted by Crippen LogP contribution is 2.47. The second kappa shape index (κ2) is 10.8. The van der Waals surface area contributed by atoms with Crippen LogP contribution in [-0.4, -0.2) is 65.7 Å². The molecule has 214 valence electrons. The molecule has 3 aliphatic heterocycles. The fraction of sp³-hybridized carbons (Fsp3) is 0.467. The number of carbonyl (C=O) groups is 3. The van der Waals surface area contributed by atoms with Crippen LogP contribution in [-0.2, 0) is 27.2 Å². The summed E-state index contributed by atoms with van der Waals surface area (Å²) < 4.78 is 12.0. The van der Waals surface area contributed by atoms with Crippen molar-refractivity contribution in [2.24, 2.45) is 4.99 Å². The quantitative estimate of drug-likeness (QED) is 0.552. The third-order valence-corrected chi connectivity index (χ3v) is 7.44. The topological polar surface area (TPSA) is 109 Å². The number of amides is 3. The van der Waals surface area contributed by atoms with Crippen LogP contribution in [0, 0.1) is 0 Å². The molecule has 1 atom stereocenters. The van der Waals surface area contributed by atoms with Crippen LogP contribution in [0.1, 0.15) is 63.3 Å². The lowest BCUT2D eigenvalue weighted by Gasteiger charge is -2.31. The molecule has 0 bridgehead atoms. The molecule has 40 heavy (non-hydrogen) atoms. The van der Waals surface area contributed by atoms with Gasteiger partial charge in [-0.1, -0.05) is 12.1 Å². The van der Waals surface area contributed by atoms with E-state index in [0.29, 0.717) is 18.7 Å². The van der Waals surface area contributed by atoms with Crippen LogP contribution in [0.3, 0.4) is 0 Å². The first kappa shape index (κ1) is 29.4. The van der Waals surface area contributed by atoms with Crippen LogP contribution in [0.25, 0.3) is 0 Å². The number of hydrogen-bond acceptors (Lipinski definition) is 6. The lowest BCUT2D eigenvalue weighted by Crippen LogP contribution is -2.47. The number of carbonyl (C=O) groups excluding carboxylic acids is 3. The fourth-order valence-electron chi connectivity index (χ4n) is 5.85. The van der Waals surface area contributed by atoms with Crippen molar-refractivity contribution in [3.05, 3.63) is 52.6 Å². The van der Waals surface area contributed by atoms with Crippen molar-refractivity contribution >= 4 is 41.5 Å². The summed E-state index contributed by atoms with van der Waals surface area (Å²) in [6.07, 6.45) is 1.99. The van der Waals surface area contributed by atoms with Crippen molar-refractivity contribution in [1.29, 1.82) is 0 Å². The van der Waals surface area contributed by atoms with Crippen molar-refractivity contribution in [3.8, 4) is 11.5 Å². The monoisotopic (exact) mass is 568 g/mol. The Labute approximate surface area is 241 Å². The SMILES string of the molecule is COc1cc2c(c3c1OC(C)(C)C3)C(c1cccc(NC(=O)CN(C(C)=O)C3CCNC3=O)c1)=NC(C)(C)C2.Cl. The summed E-state index contributed by atoms with van der Waals surface area (Å²) in [6.45, 7) is 10.0. The van der Waals surface area contributed by atoms with E-state index in [2.05, 4.69) is 44.4 Å². The second-order valence-corrected chi connectivity index (χ2v) is 11.8. The molecule has 2 N–H and O–H groups in total. The Kier molecular flexibility index (Phi) is 7.91. The summed E-state index contributed by atoms with van der Waals surface area (Å²) in [4.78, 5) is 43.8. The number of anilines is 1. The van der Waals surface area contributed by atoms with Crippen LogP contribution < -0.4 is 20.1 Å². The van der Waals surface area contributed by atoms with Gasteiger partial charge >= 0.3 is 0 Å². The molecule has 1 saturated heterocycles. The summed E-state index contributed by atoms with van der Waals surface area (Å²) >= 11 is 0. The average molecular weight is 569 g/mol. The van der Waals surface area contributed by atoms with Gasteiger partial charge in [-0.3, -0.25) is 19.4 Å². The van der Waals surface area contributed by atoms with Gasteiger partial charge in [0, 0.05) is 42.3 Å². The van der Waals surface area contributed by atoms with E-state index in [1.807, 2.05) is 24.3 Å². The Bertz CT molecular complexity index is 1400. The highest BCUT2D eigenvalue weighted by Gasteiger charge is 2.40. The van der Waals surface area contributed by atoms with Gasteiger partial charge < -0.3 is 25.0 Å². The first-order valence-electron chi connectivity index (χ1n) is 13.3. The summed E-state index contributed by atoms with van der Waals surface area (Å²) in [6, 6.07) is 9.02. The molecule has 0 aliphatic carbocycles. The molecular formula is C30H37ClN4O5. The predicted molar refractivity (Wildman–Crippen MR) is 156 cm³/mol. The molecule has 3 aliphatic rings. The van der Waals surface area contributed by atoms with Crippen molar-refractivity contribution in [3.63, 3.8) is 0 Å². The first-order valence-corrected chi connectivity index (χ1v) is 13.3. The molecule has 3 amide bonds. The number of nitrogens with one attached hydrogen (secondary N) is 2. The van der Waals surface area contributed by atoms with E-state index in [4.69, 9.17) is 14.5 Å². The number of nitrogens with zero attached hydrogens (tertiary/aromatic N) is 2. The predicted octanol–water partition coefficient (Wildman–Crippen LogP) is 3.68. The third kappa shape index (κ3) is 5.66. The standard InChI is InChI=1S/C30H36N4O5.ClH/c1-17(35)34(22-10-11-31-28(22)37)16-24(36)32-20-9-7-8-18(12-20)26-25-19(14-29(2,3)33-26)13-23(38-6)27-21(25)15-30(4,5)39-27;/h7-9,12-13,22H,10-11,14-16H2,1-6H3,(H,31,37)(H,32,36);1H. The van der Waals surface area contributed by atoms with E-state index in [0.717, 1.165) is 52.3 Å². The second-order valence-electron chi connectivity index (χ2n) is 11.8. The average Bonchev–Trinajstić information content (AvgIpc) is 3.42. The third-order valence-electron chi connectivity index (χ3n) is 7.44. The van der Waals surface area contributed by atoms with E-state index >= 15 is 0 Å². The van der Waals surface area contributed by atoms with Gasteiger partial charge in [-0.2, -0.15) is 0 Å². The fourth-order valence-corrected chi connectivity index (χ4v) is 5.85. The lowest BCUT2D eigenvalue weighted by atomic mass is 9.81. The molecule has 9 nitrogen and oxygen atoms in total. The number of fused-ring (bicyclic) bond motifs is 3. The van der Waals surface area contributed by atoms with Crippen molar-refractivity contribution < 1.29 is 23.9 Å². The number of rotatable bonds is 6. The highest BCUT2D eigenvalue weighted by atomic mass is 35.5. The van der Waals surface area contributed by atoms with Gasteiger partial charge in [0.2, 0.25) is 17.7 Å². The number of methoxy groups -OCH3 is 1. The van der Waals surface area contributed by atoms with Crippen molar-refractivity contribution in [1.82, 2.24) is 10.2 Å². The van der Waals surface area contributed by atoms with Crippen LogP contribution in [0.4, 0.5) is 5.69 Å². The molecule has 3 heterocycles. The molecule has 1 fully saturated rings. The minimum atomic E-state index is -0.625. The number of hydrogen-bond donors (Lipinski definition) is 2. The summed E-state index contributed by atoms with van der Waals surface area (Å²) in [5.74, 6) is 0.588. The largest absolute Gasteiger partial charge is 0.493 e. The van der Waals surface area contributed by atoms with Gasteiger partial charge in [0.15, 0.2) is 11.5 Å². The number of halogens is 1. The van der Waals surface area contributed by atoms with E-state index < -0.39 is 6.04 Å². The van der Waals surface area contributed by atoms with Crippen molar-refractivity contribution in [2.75, 3.05) is 25.5 Å². The first-order chi connectivity index (χ1) is 18.4. The van der Waals surface area contributed by atoms with E-state index in [9.17, 15) is 14.4 Å². The molecule has 0 saturated carbocycles. The minimum Gasteiger partial charge on any atom is -0.493 e. The van der Waals surface area contributed by atoms with Gasteiger partial charge in [0.05, 0.1) is 18.4 Å². The Morgan fingerprint density at radius 1 is 1.20 bits per heavy atom. The Hall–Kier alpha value is -3.59. The molecule has 0 spiro atoms. The molecule has 1 unspecified atom stereocenters. The molecule has 2 aromatic rings. The normalized spacial score (nSPS) is 19.7. The summed E-state index contributed by atoms with van der Waals surface area (Å²) in [5.41, 5.74) is 4.92. The van der Waals surface area contributed by atoms with Gasteiger partial charge in [-0.15, -0.1) is 12.4 Å². The molecule has 2 aromatic carbocycles. The number of benzene rings is 2. The maximum atomic E-state index is 13.0. The highest BCUT2D eigenvalue weighted by molar-refractivity contribution is 6.16. The Balaban J connectivity index is 0.00000370. The molecule has 0 aromatic heterocycles. The minimum absolute atomic E-state index is 0. The zero-order chi connectivity index (χ0) is 28.1. The zero-order valence-corrected chi connectivity index (χ0v) is 24.7. The maximum Gasteiger partial charge on any atom is 0.244 e. The van der Waals surface area contributed by atoms with Crippen LogP contribution in [0.5, 0.6) is 11.5 Å². The Morgan fingerprint density at radius 2 is 1.95 bits per heavy atom. The van der Waals surface area contributed by atoms with E-state index in [1.54, 1.807) is 7.11 Å². The maximum absolute atomic E-state index is 13.0. The number of ether oxygens (including phenoxy) is 2. The van der Waals surface area contributed by atoms with Crippen LogP contribution >= 0.6 is 12.4 Å². The van der Waals surface area contributed by atoms with Gasteiger partial charge in [0.1, 0.15) is 18.2 Å². The zero-order valence-electron chi connectivity index (χ0n) is 23.8. The molecular weight excluding hydrogens is 532 g/mol. The lowest BCUT2D eigenvalue weighted by molar-refractivity contribution is -0.139. The van der Waals surface area contributed by atoms with E-state index in [-0.39, 0.29) is 47.8 Å². The van der Waals surface area contributed by atoms with Gasteiger partial charge in [0.25, 0.3) is 0 Å². The Morgan fingerprint density at radius 3 is 2.60 bits per heavy atom. The summed E-state index contributed by atoms with van der Waals surface area (Å²) in [7, 11) is 1.66. The smallest absolute Gasteiger partial charge is 0.244 e. The van der Waals surface area contributed by atoms with Crippen molar-refractivity contribution in [2.45, 2.75) is 71.1 Å². The molecule has 0 radical (unpaired) electrons. The summed E-state index contributed by atoms with van der Waals surface area (Å²) in [5, 5.41) is 5.63. The number of aliphatic imine (C=N–C) groups is 1. The van der Waals surface area contributed by atoms with E-state index in [1.165, 1.54) is 11.8 Å². The van der Waals surface area contributed by atoms with Crippen LogP contribution in [0.2, 0.25) is 0 Å². The van der Waals surface area contributed by atoms with Crippen LogP contribution in [0.15, 0.2) is 35.3 Å². The van der Waals surface area contributed by atoms with Gasteiger partial charge in [-0.25, -0.2) is 0 Å².